The van der Waals surface area contributed by atoms with Crippen LogP contribution in [0.3, 0.4) is 0 Å². The molecule has 0 heterocycles. The molecular formula is C13H27NO. The minimum atomic E-state index is 0.296. The Balaban J connectivity index is 2.09. The molecule has 1 aliphatic carbocycles. The molecule has 0 amide bonds. The van der Waals surface area contributed by atoms with Gasteiger partial charge in [0.25, 0.3) is 0 Å². The van der Waals surface area contributed by atoms with Gasteiger partial charge in [-0.2, -0.15) is 0 Å². The Labute approximate surface area is 94.5 Å². The van der Waals surface area contributed by atoms with Crippen molar-refractivity contribution in [2.75, 3.05) is 19.7 Å². The summed E-state index contributed by atoms with van der Waals surface area (Å²) in [4.78, 5) is 0. The lowest BCUT2D eigenvalue weighted by Gasteiger charge is -2.34. The summed E-state index contributed by atoms with van der Waals surface area (Å²) in [5, 5.41) is 12.4. The van der Waals surface area contributed by atoms with Crippen molar-refractivity contribution in [2.24, 2.45) is 17.3 Å². The van der Waals surface area contributed by atoms with Crippen LogP contribution in [0.5, 0.6) is 0 Å². The van der Waals surface area contributed by atoms with Gasteiger partial charge in [-0.05, 0) is 56.0 Å². The van der Waals surface area contributed by atoms with Crippen LogP contribution in [0.15, 0.2) is 0 Å². The zero-order valence-electron chi connectivity index (χ0n) is 10.6. The van der Waals surface area contributed by atoms with Gasteiger partial charge in [0.15, 0.2) is 0 Å². The fourth-order valence-corrected chi connectivity index (χ4v) is 2.26. The van der Waals surface area contributed by atoms with Gasteiger partial charge in [-0.3, -0.25) is 0 Å². The first-order chi connectivity index (χ1) is 7.03. The van der Waals surface area contributed by atoms with Crippen LogP contribution in [0.25, 0.3) is 0 Å². The minimum absolute atomic E-state index is 0.296. The molecule has 1 fully saturated rings. The van der Waals surface area contributed by atoms with Crippen LogP contribution in [0.1, 0.15) is 46.5 Å². The third kappa shape index (κ3) is 4.98. The van der Waals surface area contributed by atoms with Crippen LogP contribution in [0, 0.1) is 17.3 Å². The molecule has 2 heteroatoms. The summed E-state index contributed by atoms with van der Waals surface area (Å²) in [7, 11) is 0. The topological polar surface area (TPSA) is 32.3 Å². The van der Waals surface area contributed by atoms with Gasteiger partial charge in [-0.15, -0.1) is 0 Å². The van der Waals surface area contributed by atoms with Crippen molar-refractivity contribution < 1.29 is 5.11 Å². The Bertz CT molecular complexity index is 169. The van der Waals surface area contributed by atoms with Gasteiger partial charge in [0.05, 0.1) is 0 Å². The van der Waals surface area contributed by atoms with Crippen LogP contribution in [0.2, 0.25) is 0 Å². The van der Waals surface area contributed by atoms with Crippen molar-refractivity contribution >= 4 is 0 Å². The van der Waals surface area contributed by atoms with E-state index in [4.69, 9.17) is 5.11 Å². The lowest BCUT2D eigenvalue weighted by Crippen LogP contribution is -2.32. The van der Waals surface area contributed by atoms with Gasteiger partial charge in [0.2, 0.25) is 0 Å². The number of hydrogen-bond donors (Lipinski definition) is 2. The summed E-state index contributed by atoms with van der Waals surface area (Å²) in [6, 6.07) is 0. The van der Waals surface area contributed by atoms with Crippen LogP contribution in [0.4, 0.5) is 0 Å². The first kappa shape index (κ1) is 13.0. The maximum absolute atomic E-state index is 8.90. The van der Waals surface area contributed by atoms with Crippen LogP contribution < -0.4 is 5.32 Å². The lowest BCUT2D eigenvalue weighted by molar-refractivity contribution is 0.184. The lowest BCUT2D eigenvalue weighted by atomic mass is 9.73. The second-order valence-electron chi connectivity index (χ2n) is 6.05. The van der Waals surface area contributed by atoms with Gasteiger partial charge in [0, 0.05) is 6.61 Å². The molecule has 0 saturated heterocycles. The Morgan fingerprint density at radius 1 is 1.33 bits per heavy atom. The number of nitrogens with one attached hydrogen (secondary N) is 1. The molecule has 2 N–H and O–H groups in total. The van der Waals surface area contributed by atoms with Crippen molar-refractivity contribution in [2.45, 2.75) is 46.5 Å². The molecular weight excluding hydrogens is 186 g/mol. The highest BCUT2D eigenvalue weighted by atomic mass is 16.3. The summed E-state index contributed by atoms with van der Waals surface area (Å²) < 4.78 is 0. The molecule has 2 nitrogen and oxygen atoms in total. The van der Waals surface area contributed by atoms with Gasteiger partial charge in [-0.1, -0.05) is 20.8 Å². The van der Waals surface area contributed by atoms with Crippen LogP contribution in [-0.2, 0) is 0 Å². The second kappa shape index (κ2) is 5.86. The molecule has 90 valence electrons. The average Bonchev–Trinajstić information content (AvgIpc) is 2.20. The van der Waals surface area contributed by atoms with E-state index in [1.807, 2.05) is 0 Å². The largest absolute Gasteiger partial charge is 0.396 e. The van der Waals surface area contributed by atoms with Gasteiger partial charge in [0.1, 0.15) is 0 Å². The fourth-order valence-electron chi connectivity index (χ4n) is 2.26. The molecule has 0 radical (unpaired) electrons. The van der Waals surface area contributed by atoms with E-state index in [2.05, 4.69) is 26.1 Å². The van der Waals surface area contributed by atoms with E-state index < -0.39 is 0 Å². The zero-order valence-corrected chi connectivity index (χ0v) is 10.6. The average molecular weight is 213 g/mol. The second-order valence-corrected chi connectivity index (χ2v) is 6.05. The normalized spacial score (nSPS) is 24.0. The van der Waals surface area contributed by atoms with E-state index in [0.29, 0.717) is 17.9 Å². The van der Waals surface area contributed by atoms with Gasteiger partial charge >= 0.3 is 0 Å². The standard InChI is InChI=1S/C13H27NO/c1-11(10-15)8-14-9-12-4-6-13(2,3)7-5-12/h11-12,14-15H,4-10H2,1-3H3. The molecule has 1 saturated carbocycles. The molecule has 1 rings (SSSR count). The Kier molecular flexibility index (Phi) is 5.07. The third-order valence-electron chi connectivity index (χ3n) is 3.70. The van der Waals surface area contributed by atoms with E-state index >= 15 is 0 Å². The Morgan fingerprint density at radius 3 is 2.47 bits per heavy atom. The predicted octanol–water partition coefficient (Wildman–Crippen LogP) is 2.42. The van der Waals surface area contributed by atoms with Crippen molar-refractivity contribution in [1.82, 2.24) is 5.32 Å². The first-order valence-electron chi connectivity index (χ1n) is 6.35. The van der Waals surface area contributed by atoms with Gasteiger partial charge in [-0.25, -0.2) is 0 Å². The maximum atomic E-state index is 8.90. The van der Waals surface area contributed by atoms with E-state index in [0.717, 1.165) is 19.0 Å². The van der Waals surface area contributed by atoms with Crippen molar-refractivity contribution in [3.05, 3.63) is 0 Å². The molecule has 1 aliphatic rings. The number of aliphatic hydroxyl groups is 1. The van der Waals surface area contributed by atoms with Crippen molar-refractivity contribution in [1.29, 1.82) is 0 Å². The number of aliphatic hydroxyl groups excluding tert-OH is 1. The first-order valence-corrected chi connectivity index (χ1v) is 6.35. The summed E-state index contributed by atoms with van der Waals surface area (Å²) in [5.41, 5.74) is 0.578. The maximum Gasteiger partial charge on any atom is 0.0468 e. The third-order valence-corrected chi connectivity index (χ3v) is 3.70. The smallest absolute Gasteiger partial charge is 0.0468 e. The Morgan fingerprint density at radius 2 is 1.93 bits per heavy atom. The molecule has 1 unspecified atom stereocenters. The van der Waals surface area contributed by atoms with E-state index in [-0.39, 0.29) is 0 Å². The summed E-state index contributed by atoms with van der Waals surface area (Å²) in [6.45, 7) is 9.23. The molecule has 0 aliphatic heterocycles. The zero-order chi connectivity index (χ0) is 11.3. The highest BCUT2D eigenvalue weighted by molar-refractivity contribution is 4.79. The molecule has 0 spiro atoms. The Hall–Kier alpha value is -0.0800. The number of hydrogen-bond acceptors (Lipinski definition) is 2. The molecule has 0 aromatic carbocycles. The minimum Gasteiger partial charge on any atom is -0.396 e. The highest BCUT2D eigenvalue weighted by Crippen LogP contribution is 2.37. The molecule has 0 aromatic rings. The van der Waals surface area contributed by atoms with Crippen molar-refractivity contribution in [3.8, 4) is 0 Å². The van der Waals surface area contributed by atoms with Crippen LogP contribution in [-0.4, -0.2) is 24.8 Å². The SMILES string of the molecule is CC(CO)CNCC1CCC(C)(C)CC1. The van der Waals surface area contributed by atoms with Crippen LogP contribution >= 0.6 is 0 Å². The number of rotatable bonds is 5. The van der Waals surface area contributed by atoms with Gasteiger partial charge < -0.3 is 10.4 Å². The summed E-state index contributed by atoms with van der Waals surface area (Å²) in [6.07, 6.45) is 5.48. The van der Waals surface area contributed by atoms with Crippen molar-refractivity contribution in [3.63, 3.8) is 0 Å². The van der Waals surface area contributed by atoms with E-state index in [9.17, 15) is 0 Å². The van der Waals surface area contributed by atoms with E-state index in [1.165, 1.54) is 25.7 Å². The molecule has 0 aromatic heterocycles. The fraction of sp³-hybridized carbons (Fsp3) is 1.00. The highest BCUT2D eigenvalue weighted by Gasteiger charge is 2.26. The summed E-state index contributed by atoms with van der Waals surface area (Å²) in [5.74, 6) is 1.26. The predicted molar refractivity (Wildman–Crippen MR) is 64.9 cm³/mol. The molecule has 1 atom stereocenters. The molecule has 0 bridgehead atoms. The quantitative estimate of drug-likeness (QED) is 0.735. The summed E-state index contributed by atoms with van der Waals surface area (Å²) >= 11 is 0. The molecule has 15 heavy (non-hydrogen) atoms. The van der Waals surface area contributed by atoms with E-state index in [1.54, 1.807) is 0 Å². The monoisotopic (exact) mass is 213 g/mol.